The van der Waals surface area contributed by atoms with Crippen LogP contribution in [0, 0.1) is 11.3 Å². The fraction of sp³-hybridized carbons (Fsp3) is 1.00. The lowest BCUT2D eigenvalue weighted by molar-refractivity contribution is 0.211. The average Bonchev–Trinajstić information content (AvgIpc) is 2.13. The molecule has 0 radical (unpaired) electrons. The Labute approximate surface area is 109 Å². The van der Waals surface area contributed by atoms with Gasteiger partial charge in [0.2, 0.25) is 0 Å². The molecule has 102 valence electrons. The molecule has 1 heteroatoms. The van der Waals surface area contributed by atoms with Gasteiger partial charge in [0.25, 0.3) is 0 Å². The van der Waals surface area contributed by atoms with Crippen LogP contribution in [0.25, 0.3) is 0 Å². The summed E-state index contributed by atoms with van der Waals surface area (Å²) in [5.41, 5.74) is 7.15. The normalized spacial score (nSPS) is 33.4. The van der Waals surface area contributed by atoms with Crippen molar-refractivity contribution in [3.05, 3.63) is 0 Å². The molecule has 0 aromatic rings. The Morgan fingerprint density at radius 2 is 1.59 bits per heavy atom. The SMILES string of the molecule is CC1CCCCCC(N)(CC(C)(C)C)CCC1. The maximum absolute atomic E-state index is 6.68. The van der Waals surface area contributed by atoms with Gasteiger partial charge in [-0.1, -0.05) is 66.2 Å². The van der Waals surface area contributed by atoms with E-state index in [0.29, 0.717) is 5.41 Å². The predicted octanol–water partition coefficient (Wildman–Crippen LogP) is 4.89. The minimum atomic E-state index is 0.106. The summed E-state index contributed by atoms with van der Waals surface area (Å²) in [6, 6.07) is 0. The van der Waals surface area contributed by atoms with Gasteiger partial charge in [0.1, 0.15) is 0 Å². The third kappa shape index (κ3) is 6.45. The first-order valence-electron chi connectivity index (χ1n) is 7.60. The van der Waals surface area contributed by atoms with Gasteiger partial charge in [-0.2, -0.15) is 0 Å². The standard InChI is InChI=1S/C16H33N/c1-14-9-6-5-7-11-16(17,12-8-10-14)13-15(2,3)4/h14H,5-13,17H2,1-4H3. The van der Waals surface area contributed by atoms with Crippen molar-refractivity contribution in [1.82, 2.24) is 0 Å². The third-order valence-corrected chi connectivity index (χ3v) is 4.13. The Balaban J connectivity index is 2.55. The molecule has 0 aliphatic heterocycles. The summed E-state index contributed by atoms with van der Waals surface area (Å²) in [4.78, 5) is 0. The fourth-order valence-electron chi connectivity index (χ4n) is 3.45. The Bertz CT molecular complexity index is 216. The van der Waals surface area contributed by atoms with Gasteiger partial charge in [0.05, 0.1) is 0 Å². The highest BCUT2D eigenvalue weighted by Gasteiger charge is 2.30. The lowest BCUT2D eigenvalue weighted by atomic mass is 9.74. The van der Waals surface area contributed by atoms with Crippen molar-refractivity contribution in [3.63, 3.8) is 0 Å². The van der Waals surface area contributed by atoms with E-state index < -0.39 is 0 Å². The van der Waals surface area contributed by atoms with E-state index in [9.17, 15) is 0 Å². The lowest BCUT2D eigenvalue weighted by Crippen LogP contribution is -2.43. The van der Waals surface area contributed by atoms with E-state index in [2.05, 4.69) is 27.7 Å². The van der Waals surface area contributed by atoms with Crippen LogP contribution in [-0.4, -0.2) is 5.54 Å². The summed E-state index contributed by atoms with van der Waals surface area (Å²) in [6.45, 7) is 9.37. The van der Waals surface area contributed by atoms with Crippen LogP contribution in [0.15, 0.2) is 0 Å². The first-order valence-corrected chi connectivity index (χ1v) is 7.60. The molecule has 0 amide bonds. The Morgan fingerprint density at radius 1 is 1.00 bits per heavy atom. The van der Waals surface area contributed by atoms with Crippen molar-refractivity contribution in [2.24, 2.45) is 17.1 Å². The molecule has 1 aliphatic carbocycles. The fourth-order valence-corrected chi connectivity index (χ4v) is 3.45. The molecule has 1 nitrogen and oxygen atoms in total. The van der Waals surface area contributed by atoms with Crippen LogP contribution in [0.1, 0.15) is 85.5 Å². The molecular formula is C16H33N. The Kier molecular flexibility index (Phi) is 5.50. The maximum atomic E-state index is 6.68. The molecule has 2 atom stereocenters. The summed E-state index contributed by atoms with van der Waals surface area (Å²) in [5.74, 6) is 0.909. The van der Waals surface area contributed by atoms with Gasteiger partial charge in [-0.25, -0.2) is 0 Å². The minimum Gasteiger partial charge on any atom is -0.325 e. The summed E-state index contributed by atoms with van der Waals surface area (Å²) < 4.78 is 0. The molecule has 0 aromatic carbocycles. The Morgan fingerprint density at radius 3 is 2.24 bits per heavy atom. The highest BCUT2D eigenvalue weighted by Crippen LogP contribution is 2.34. The van der Waals surface area contributed by atoms with E-state index >= 15 is 0 Å². The largest absolute Gasteiger partial charge is 0.325 e. The first-order chi connectivity index (χ1) is 7.81. The van der Waals surface area contributed by atoms with Crippen LogP contribution < -0.4 is 5.73 Å². The minimum absolute atomic E-state index is 0.106. The molecule has 0 heterocycles. The summed E-state index contributed by atoms with van der Waals surface area (Å²) in [7, 11) is 0. The van der Waals surface area contributed by atoms with Gasteiger partial charge < -0.3 is 5.73 Å². The maximum Gasteiger partial charge on any atom is 0.0159 e. The molecule has 17 heavy (non-hydrogen) atoms. The van der Waals surface area contributed by atoms with E-state index in [-0.39, 0.29) is 5.54 Å². The third-order valence-electron chi connectivity index (χ3n) is 4.13. The van der Waals surface area contributed by atoms with Crippen LogP contribution in [0.4, 0.5) is 0 Å². The Hall–Kier alpha value is -0.0400. The van der Waals surface area contributed by atoms with E-state index in [1.165, 1.54) is 57.8 Å². The quantitative estimate of drug-likeness (QED) is 0.692. The van der Waals surface area contributed by atoms with E-state index in [1.807, 2.05) is 0 Å². The monoisotopic (exact) mass is 239 g/mol. The molecule has 1 saturated carbocycles. The van der Waals surface area contributed by atoms with Crippen molar-refractivity contribution in [2.45, 2.75) is 91.0 Å². The van der Waals surface area contributed by atoms with E-state index in [1.54, 1.807) is 0 Å². The highest BCUT2D eigenvalue weighted by molar-refractivity contribution is 4.89. The molecule has 1 fully saturated rings. The van der Waals surface area contributed by atoms with Gasteiger partial charge in [0, 0.05) is 5.54 Å². The zero-order chi connectivity index (χ0) is 12.9. The molecule has 0 saturated heterocycles. The molecule has 0 bridgehead atoms. The predicted molar refractivity (Wildman–Crippen MR) is 77.1 cm³/mol. The van der Waals surface area contributed by atoms with Crippen molar-refractivity contribution >= 4 is 0 Å². The van der Waals surface area contributed by atoms with E-state index in [4.69, 9.17) is 5.73 Å². The van der Waals surface area contributed by atoms with Gasteiger partial charge >= 0.3 is 0 Å². The molecule has 2 unspecified atom stereocenters. The van der Waals surface area contributed by atoms with Crippen molar-refractivity contribution in [3.8, 4) is 0 Å². The number of hydrogen-bond acceptors (Lipinski definition) is 1. The summed E-state index contributed by atoms with van der Waals surface area (Å²) >= 11 is 0. The zero-order valence-corrected chi connectivity index (χ0v) is 12.5. The van der Waals surface area contributed by atoms with Crippen LogP contribution in [0.2, 0.25) is 0 Å². The summed E-state index contributed by atoms with van der Waals surface area (Å²) in [5, 5.41) is 0. The molecule has 1 rings (SSSR count). The lowest BCUT2D eigenvalue weighted by Gasteiger charge is -2.37. The first kappa shape index (κ1) is 15.0. The molecule has 0 aromatic heterocycles. The number of hydrogen-bond donors (Lipinski definition) is 1. The van der Waals surface area contributed by atoms with E-state index in [0.717, 1.165) is 5.92 Å². The second-order valence-corrected chi connectivity index (χ2v) is 7.70. The second kappa shape index (κ2) is 6.22. The average molecular weight is 239 g/mol. The molecular weight excluding hydrogens is 206 g/mol. The summed E-state index contributed by atoms with van der Waals surface area (Å²) in [6.07, 6.45) is 11.9. The zero-order valence-electron chi connectivity index (χ0n) is 12.5. The van der Waals surface area contributed by atoms with Gasteiger partial charge in [-0.3, -0.25) is 0 Å². The topological polar surface area (TPSA) is 26.0 Å². The second-order valence-electron chi connectivity index (χ2n) is 7.70. The highest BCUT2D eigenvalue weighted by atomic mass is 14.7. The number of nitrogens with two attached hydrogens (primary N) is 1. The molecule has 1 aliphatic rings. The van der Waals surface area contributed by atoms with Crippen LogP contribution in [0.3, 0.4) is 0 Å². The van der Waals surface area contributed by atoms with Gasteiger partial charge in [-0.15, -0.1) is 0 Å². The van der Waals surface area contributed by atoms with Crippen molar-refractivity contribution in [1.29, 1.82) is 0 Å². The van der Waals surface area contributed by atoms with Crippen molar-refractivity contribution < 1.29 is 0 Å². The van der Waals surface area contributed by atoms with Crippen LogP contribution in [0.5, 0.6) is 0 Å². The number of rotatable bonds is 1. The van der Waals surface area contributed by atoms with Gasteiger partial charge in [-0.05, 0) is 30.6 Å². The van der Waals surface area contributed by atoms with Gasteiger partial charge in [0.15, 0.2) is 0 Å². The van der Waals surface area contributed by atoms with Crippen molar-refractivity contribution in [2.75, 3.05) is 0 Å². The molecule has 0 spiro atoms. The van der Waals surface area contributed by atoms with Crippen LogP contribution >= 0.6 is 0 Å². The smallest absolute Gasteiger partial charge is 0.0159 e. The van der Waals surface area contributed by atoms with Crippen LogP contribution in [-0.2, 0) is 0 Å². The molecule has 2 N–H and O–H groups in total.